The Kier molecular flexibility index (Phi) is 3.50. The molecule has 2 unspecified atom stereocenters. The largest absolute Gasteiger partial charge is 0.348 e. The van der Waals surface area contributed by atoms with Crippen LogP contribution >= 0.6 is 0 Å². The van der Waals surface area contributed by atoms with Gasteiger partial charge >= 0.3 is 0 Å². The summed E-state index contributed by atoms with van der Waals surface area (Å²) in [6.07, 6.45) is 6.86. The summed E-state index contributed by atoms with van der Waals surface area (Å²) in [5.41, 5.74) is 5.99. The van der Waals surface area contributed by atoms with Crippen molar-refractivity contribution >= 4 is 5.88 Å². The van der Waals surface area contributed by atoms with Gasteiger partial charge in [0.05, 0.1) is 11.3 Å². The minimum absolute atomic E-state index is 0.248. The van der Waals surface area contributed by atoms with E-state index in [1.165, 1.54) is 48.8 Å². The van der Waals surface area contributed by atoms with E-state index >= 15 is 0 Å². The Bertz CT molecular complexity index is 991. The summed E-state index contributed by atoms with van der Waals surface area (Å²) in [6.45, 7) is 2.05. The van der Waals surface area contributed by atoms with Gasteiger partial charge < -0.3 is 9.84 Å². The van der Waals surface area contributed by atoms with Crippen LogP contribution in [0.5, 0.6) is 0 Å². The summed E-state index contributed by atoms with van der Waals surface area (Å²) in [6, 6.07) is 19.3. The van der Waals surface area contributed by atoms with E-state index in [-0.39, 0.29) is 5.54 Å². The predicted octanol–water partition coefficient (Wildman–Crippen LogP) is 6.31. The fourth-order valence-corrected chi connectivity index (χ4v) is 6.48. The number of nitrogens with one attached hydrogen (secondary N) is 1. The van der Waals surface area contributed by atoms with Gasteiger partial charge in [-0.3, -0.25) is 0 Å². The smallest absolute Gasteiger partial charge is 0.233 e. The van der Waals surface area contributed by atoms with Crippen LogP contribution in [-0.4, -0.2) is 10.7 Å². The molecule has 3 heteroatoms. The van der Waals surface area contributed by atoms with Crippen molar-refractivity contribution in [1.82, 2.24) is 5.16 Å². The lowest BCUT2D eigenvalue weighted by Crippen LogP contribution is -2.39. The topological polar surface area (TPSA) is 38.1 Å². The zero-order valence-corrected chi connectivity index (χ0v) is 16.3. The zero-order valence-electron chi connectivity index (χ0n) is 16.3. The number of benzene rings is 2. The third kappa shape index (κ3) is 2.45. The predicted molar refractivity (Wildman–Crippen MR) is 112 cm³/mol. The van der Waals surface area contributed by atoms with Gasteiger partial charge in [0.2, 0.25) is 5.88 Å². The fourth-order valence-electron chi connectivity index (χ4n) is 6.48. The van der Waals surface area contributed by atoms with Gasteiger partial charge in [0, 0.05) is 5.54 Å². The monoisotopic (exact) mass is 370 g/mol. The highest BCUT2D eigenvalue weighted by molar-refractivity contribution is 5.78. The Labute approximate surface area is 166 Å². The van der Waals surface area contributed by atoms with Crippen molar-refractivity contribution in [1.29, 1.82) is 0 Å². The number of aryl methyl sites for hydroxylation is 1. The molecule has 3 aromatic rings. The number of anilines is 1. The van der Waals surface area contributed by atoms with Crippen LogP contribution in [0.1, 0.15) is 37.8 Å². The first-order chi connectivity index (χ1) is 13.7. The van der Waals surface area contributed by atoms with Crippen molar-refractivity contribution < 1.29 is 4.52 Å². The molecule has 0 aliphatic heterocycles. The molecule has 0 amide bonds. The van der Waals surface area contributed by atoms with E-state index in [0.29, 0.717) is 0 Å². The summed E-state index contributed by atoms with van der Waals surface area (Å²) >= 11 is 0. The third-order valence-corrected chi connectivity index (χ3v) is 7.50. The van der Waals surface area contributed by atoms with Crippen molar-refractivity contribution in [2.75, 3.05) is 5.32 Å². The lowest BCUT2D eigenvalue weighted by atomic mass is 9.80. The summed E-state index contributed by atoms with van der Waals surface area (Å²) < 4.78 is 5.82. The number of hydrogen-bond acceptors (Lipinski definition) is 3. The molecular weight excluding hydrogens is 344 g/mol. The van der Waals surface area contributed by atoms with E-state index in [0.717, 1.165) is 34.9 Å². The molecule has 3 nitrogen and oxygen atoms in total. The Balaban J connectivity index is 1.33. The van der Waals surface area contributed by atoms with Crippen LogP contribution in [-0.2, 0) is 0 Å². The average molecular weight is 370 g/mol. The van der Waals surface area contributed by atoms with Crippen LogP contribution in [0.4, 0.5) is 5.88 Å². The number of hydrogen-bond donors (Lipinski definition) is 1. The lowest BCUT2D eigenvalue weighted by Gasteiger charge is -2.33. The first-order valence-electron chi connectivity index (χ1n) is 10.6. The molecule has 4 saturated carbocycles. The molecule has 142 valence electrons. The van der Waals surface area contributed by atoms with E-state index < -0.39 is 0 Å². The molecule has 7 rings (SSSR count). The molecule has 1 N–H and O–H groups in total. The van der Waals surface area contributed by atoms with E-state index in [4.69, 9.17) is 4.52 Å². The molecule has 0 saturated heterocycles. The second-order valence-corrected chi connectivity index (χ2v) is 9.24. The van der Waals surface area contributed by atoms with Crippen LogP contribution in [0.3, 0.4) is 0 Å². The van der Waals surface area contributed by atoms with Crippen molar-refractivity contribution in [3.05, 3.63) is 60.3 Å². The molecule has 28 heavy (non-hydrogen) atoms. The second-order valence-electron chi connectivity index (χ2n) is 9.24. The van der Waals surface area contributed by atoms with E-state index in [1.54, 1.807) is 0 Å². The third-order valence-electron chi connectivity index (χ3n) is 7.50. The van der Waals surface area contributed by atoms with Gasteiger partial charge in [0.25, 0.3) is 0 Å². The van der Waals surface area contributed by atoms with Crippen molar-refractivity contribution in [3.63, 3.8) is 0 Å². The van der Waals surface area contributed by atoms with Gasteiger partial charge in [0.15, 0.2) is 0 Å². The normalized spacial score (nSPS) is 30.1. The molecule has 4 aliphatic carbocycles. The highest BCUT2D eigenvalue weighted by Gasteiger charge is 2.58. The Hall–Kier alpha value is -2.55. The van der Waals surface area contributed by atoms with E-state index in [1.807, 2.05) is 6.92 Å². The molecule has 0 spiro atoms. The minimum atomic E-state index is 0.248. The minimum Gasteiger partial charge on any atom is -0.348 e. The van der Waals surface area contributed by atoms with Crippen LogP contribution in [0.2, 0.25) is 0 Å². The highest BCUT2D eigenvalue weighted by atomic mass is 16.5. The molecule has 1 aromatic heterocycles. The van der Waals surface area contributed by atoms with E-state index in [2.05, 4.69) is 65.1 Å². The van der Waals surface area contributed by atoms with Crippen LogP contribution < -0.4 is 5.32 Å². The quantitative estimate of drug-likeness (QED) is 0.585. The molecular formula is C25H26N2O. The summed E-state index contributed by atoms with van der Waals surface area (Å²) in [5.74, 6) is 3.53. The Morgan fingerprint density at radius 2 is 1.50 bits per heavy atom. The van der Waals surface area contributed by atoms with Gasteiger partial charge in [-0.15, -0.1) is 0 Å². The number of aromatic nitrogens is 1. The van der Waals surface area contributed by atoms with Gasteiger partial charge in [-0.25, -0.2) is 0 Å². The van der Waals surface area contributed by atoms with Crippen molar-refractivity contribution in [2.45, 2.75) is 44.6 Å². The fraction of sp³-hybridized carbons (Fsp3) is 0.400. The second kappa shape index (κ2) is 5.97. The maximum atomic E-state index is 5.82. The van der Waals surface area contributed by atoms with Gasteiger partial charge in [-0.2, -0.15) is 0 Å². The maximum absolute atomic E-state index is 5.82. The summed E-state index contributed by atoms with van der Waals surface area (Å²) in [4.78, 5) is 0. The molecule has 4 fully saturated rings. The first kappa shape index (κ1) is 16.4. The Morgan fingerprint density at radius 1 is 0.857 bits per heavy atom. The summed E-state index contributed by atoms with van der Waals surface area (Å²) in [5, 5.41) is 8.20. The van der Waals surface area contributed by atoms with Gasteiger partial charge in [-0.1, -0.05) is 59.8 Å². The molecule has 2 aromatic carbocycles. The van der Waals surface area contributed by atoms with Gasteiger partial charge in [0.1, 0.15) is 0 Å². The maximum Gasteiger partial charge on any atom is 0.233 e. The molecule has 0 radical (unpaired) electrons. The lowest BCUT2D eigenvalue weighted by molar-refractivity contribution is 0.272. The zero-order chi connectivity index (χ0) is 18.7. The SMILES string of the molecule is Cc1noc(NC23CC4CC(CC2C4)C3)c1-c1ccc(-c2ccccc2)cc1. The standard InChI is InChI=1S/C25H26N2O/c1-16-23(21-9-7-20(8-10-21)19-5-3-2-4-6-19)24(28-27-16)26-25-14-17-11-18(15-25)13-22(25)12-17/h2-10,17-18,22,26H,11-15H2,1H3. The Morgan fingerprint density at radius 3 is 2.21 bits per heavy atom. The van der Waals surface area contributed by atoms with Crippen molar-refractivity contribution in [3.8, 4) is 22.3 Å². The molecule has 2 atom stereocenters. The first-order valence-corrected chi connectivity index (χ1v) is 10.6. The summed E-state index contributed by atoms with van der Waals surface area (Å²) in [7, 11) is 0. The van der Waals surface area contributed by atoms with Crippen LogP contribution in [0.15, 0.2) is 59.1 Å². The molecule has 4 bridgehead atoms. The van der Waals surface area contributed by atoms with Crippen LogP contribution in [0.25, 0.3) is 22.3 Å². The van der Waals surface area contributed by atoms with Crippen LogP contribution in [0, 0.1) is 24.7 Å². The molecule has 4 aliphatic rings. The number of rotatable bonds is 4. The van der Waals surface area contributed by atoms with Gasteiger partial charge in [-0.05, 0) is 73.5 Å². The van der Waals surface area contributed by atoms with E-state index in [9.17, 15) is 0 Å². The number of nitrogens with zero attached hydrogens (tertiary/aromatic N) is 1. The van der Waals surface area contributed by atoms with Crippen molar-refractivity contribution in [2.24, 2.45) is 17.8 Å². The highest BCUT2D eigenvalue weighted by Crippen LogP contribution is 2.61. The molecule has 1 heterocycles. The average Bonchev–Trinajstić information content (AvgIpc) is 3.27.